The second-order valence-electron chi connectivity index (χ2n) is 6.23. The van der Waals surface area contributed by atoms with E-state index in [4.69, 9.17) is 16.3 Å². The molecule has 1 aromatic heterocycles. The van der Waals surface area contributed by atoms with E-state index < -0.39 is 5.82 Å². The third kappa shape index (κ3) is 2.70. The molecule has 0 radical (unpaired) electrons. The summed E-state index contributed by atoms with van der Waals surface area (Å²) in [5.74, 6) is -0.713. The number of carbonyl (C=O) groups excluding carboxylic acids is 1. The van der Waals surface area contributed by atoms with E-state index in [1.54, 1.807) is 4.90 Å². The predicted molar refractivity (Wildman–Crippen MR) is 86.6 cm³/mol. The van der Waals surface area contributed by atoms with Crippen LogP contribution in [0.2, 0.25) is 5.02 Å². The number of rotatable bonds is 2. The summed E-state index contributed by atoms with van der Waals surface area (Å²) in [5, 5.41) is 7.88. The van der Waals surface area contributed by atoms with Gasteiger partial charge in [-0.05, 0) is 24.6 Å². The molecule has 1 amide bonds. The third-order valence-electron chi connectivity index (χ3n) is 4.75. The lowest BCUT2D eigenvalue weighted by Gasteiger charge is -2.18. The maximum Gasteiger partial charge on any atom is 0.256 e. The Balaban J connectivity index is 1.53. The minimum absolute atomic E-state index is 0.0236. The number of likely N-dealkylation sites (tertiary alicyclic amines) is 1. The zero-order valence-electron chi connectivity index (χ0n) is 13.0. The Labute approximate surface area is 143 Å². The van der Waals surface area contributed by atoms with Crippen LogP contribution < -0.4 is 0 Å². The van der Waals surface area contributed by atoms with E-state index >= 15 is 0 Å². The Morgan fingerprint density at radius 2 is 2.33 bits per heavy atom. The highest BCUT2D eigenvalue weighted by molar-refractivity contribution is 6.31. The van der Waals surface area contributed by atoms with Crippen LogP contribution in [0, 0.1) is 5.82 Å². The molecule has 0 bridgehead atoms. The van der Waals surface area contributed by atoms with Gasteiger partial charge in [-0.25, -0.2) is 4.39 Å². The summed E-state index contributed by atoms with van der Waals surface area (Å²) in [5.41, 5.74) is 3.25. The molecule has 5 nitrogen and oxygen atoms in total. The van der Waals surface area contributed by atoms with Gasteiger partial charge in [0.1, 0.15) is 5.82 Å². The van der Waals surface area contributed by atoms with E-state index in [1.807, 2.05) is 0 Å². The molecule has 2 aliphatic rings. The van der Waals surface area contributed by atoms with Gasteiger partial charge in [0.2, 0.25) is 0 Å². The smallest absolute Gasteiger partial charge is 0.256 e. The number of aromatic nitrogens is 2. The summed E-state index contributed by atoms with van der Waals surface area (Å²) in [6.45, 7) is 2.38. The number of amides is 1. The number of hydrogen-bond donors (Lipinski definition) is 1. The van der Waals surface area contributed by atoms with Gasteiger partial charge in [-0.2, -0.15) is 5.10 Å². The first kappa shape index (κ1) is 15.6. The molecule has 0 aliphatic carbocycles. The quantitative estimate of drug-likeness (QED) is 0.907. The molecule has 1 fully saturated rings. The maximum absolute atomic E-state index is 13.9. The minimum Gasteiger partial charge on any atom is -0.376 e. The topological polar surface area (TPSA) is 58.2 Å². The lowest BCUT2D eigenvalue weighted by Crippen LogP contribution is -2.29. The Morgan fingerprint density at radius 1 is 1.46 bits per heavy atom. The number of ether oxygens (including phenoxy) is 1. The van der Waals surface area contributed by atoms with Crippen LogP contribution >= 0.6 is 11.6 Å². The number of aromatic amines is 1. The molecule has 126 valence electrons. The van der Waals surface area contributed by atoms with Crippen molar-refractivity contribution in [2.24, 2.45) is 0 Å². The number of fused-ring (bicyclic) bond motifs is 1. The van der Waals surface area contributed by atoms with Crippen molar-refractivity contribution in [3.63, 3.8) is 0 Å². The van der Waals surface area contributed by atoms with Crippen LogP contribution in [-0.2, 0) is 17.8 Å². The van der Waals surface area contributed by atoms with Gasteiger partial charge in [0.05, 0.1) is 24.5 Å². The highest BCUT2D eigenvalue weighted by atomic mass is 35.5. The van der Waals surface area contributed by atoms with Crippen LogP contribution in [0.3, 0.4) is 0 Å². The van der Waals surface area contributed by atoms with Crippen molar-refractivity contribution in [2.45, 2.75) is 25.4 Å². The molecule has 0 spiro atoms. The molecule has 1 aromatic carbocycles. The zero-order valence-corrected chi connectivity index (χ0v) is 13.8. The Morgan fingerprint density at radius 3 is 3.21 bits per heavy atom. The van der Waals surface area contributed by atoms with Crippen molar-refractivity contribution in [2.75, 3.05) is 19.7 Å². The summed E-state index contributed by atoms with van der Waals surface area (Å²) in [4.78, 5) is 14.3. The summed E-state index contributed by atoms with van der Waals surface area (Å²) in [6, 6.07) is 4.05. The molecule has 1 unspecified atom stereocenters. The van der Waals surface area contributed by atoms with E-state index in [9.17, 15) is 9.18 Å². The van der Waals surface area contributed by atoms with Crippen molar-refractivity contribution < 1.29 is 13.9 Å². The first-order valence-corrected chi connectivity index (χ1v) is 8.39. The number of hydrogen-bond acceptors (Lipinski definition) is 3. The molecule has 0 saturated carbocycles. The molecule has 2 aromatic rings. The third-order valence-corrected chi connectivity index (χ3v) is 4.98. The average Bonchev–Trinajstić information content (AvgIpc) is 3.22. The summed E-state index contributed by atoms with van der Waals surface area (Å²) in [6.07, 6.45) is 1.65. The van der Waals surface area contributed by atoms with Crippen LogP contribution in [0.25, 0.3) is 0 Å². The van der Waals surface area contributed by atoms with Gasteiger partial charge in [-0.1, -0.05) is 11.6 Å². The Kier molecular flexibility index (Phi) is 4.02. The molecule has 4 rings (SSSR count). The molecular weight excluding hydrogens is 333 g/mol. The van der Waals surface area contributed by atoms with Crippen molar-refractivity contribution in [1.82, 2.24) is 15.1 Å². The minimum atomic E-state index is -0.543. The van der Waals surface area contributed by atoms with Crippen molar-refractivity contribution in [3.05, 3.63) is 51.6 Å². The molecule has 3 heterocycles. The van der Waals surface area contributed by atoms with E-state index in [1.165, 1.54) is 18.2 Å². The van der Waals surface area contributed by atoms with Crippen LogP contribution in [-0.4, -0.2) is 40.7 Å². The SMILES string of the molecule is O=C(c1cc(Cl)ccc1F)N1CCC(c2n[nH]c3c2COCC3)C1. The van der Waals surface area contributed by atoms with Crippen LogP contribution in [0.1, 0.15) is 39.6 Å². The van der Waals surface area contributed by atoms with Crippen LogP contribution in [0.5, 0.6) is 0 Å². The monoisotopic (exact) mass is 349 g/mol. The van der Waals surface area contributed by atoms with Gasteiger partial charge < -0.3 is 9.64 Å². The first-order valence-electron chi connectivity index (χ1n) is 8.01. The van der Waals surface area contributed by atoms with Gasteiger partial charge >= 0.3 is 0 Å². The Hall–Kier alpha value is -1.92. The number of halogens is 2. The molecule has 1 saturated heterocycles. The number of nitrogens with one attached hydrogen (secondary N) is 1. The summed E-state index contributed by atoms with van der Waals surface area (Å²) < 4.78 is 19.5. The molecule has 7 heteroatoms. The molecule has 1 atom stereocenters. The highest BCUT2D eigenvalue weighted by Gasteiger charge is 2.33. The molecule has 2 aliphatic heterocycles. The van der Waals surface area contributed by atoms with Gasteiger partial charge in [0, 0.05) is 41.7 Å². The number of benzene rings is 1. The van der Waals surface area contributed by atoms with Crippen LogP contribution in [0.15, 0.2) is 18.2 Å². The predicted octanol–water partition coefficient (Wildman–Crippen LogP) is 2.90. The lowest BCUT2D eigenvalue weighted by molar-refractivity contribution is 0.0786. The number of carbonyl (C=O) groups is 1. The van der Waals surface area contributed by atoms with Gasteiger partial charge in [0.25, 0.3) is 5.91 Å². The number of H-pyrrole nitrogens is 1. The highest BCUT2D eigenvalue weighted by Crippen LogP contribution is 2.32. The van der Waals surface area contributed by atoms with Gasteiger partial charge in [-0.3, -0.25) is 9.89 Å². The van der Waals surface area contributed by atoms with Gasteiger partial charge in [0.15, 0.2) is 0 Å². The number of nitrogens with zero attached hydrogens (tertiary/aromatic N) is 2. The molecular formula is C17H17ClFN3O2. The fraction of sp³-hybridized carbons (Fsp3) is 0.412. The lowest BCUT2D eigenvalue weighted by atomic mass is 9.98. The molecule has 1 N–H and O–H groups in total. The van der Waals surface area contributed by atoms with Crippen LogP contribution in [0.4, 0.5) is 4.39 Å². The fourth-order valence-electron chi connectivity index (χ4n) is 3.47. The van der Waals surface area contributed by atoms with E-state index in [0.717, 1.165) is 29.8 Å². The first-order chi connectivity index (χ1) is 11.6. The van der Waals surface area contributed by atoms with E-state index in [-0.39, 0.29) is 17.4 Å². The second kappa shape index (κ2) is 6.18. The van der Waals surface area contributed by atoms with Crippen molar-refractivity contribution >= 4 is 17.5 Å². The zero-order chi connectivity index (χ0) is 16.7. The largest absolute Gasteiger partial charge is 0.376 e. The summed E-state index contributed by atoms with van der Waals surface area (Å²) >= 11 is 5.89. The molecule has 24 heavy (non-hydrogen) atoms. The fourth-order valence-corrected chi connectivity index (χ4v) is 3.64. The summed E-state index contributed by atoms with van der Waals surface area (Å²) in [7, 11) is 0. The maximum atomic E-state index is 13.9. The van der Waals surface area contributed by atoms with E-state index in [0.29, 0.717) is 31.3 Å². The van der Waals surface area contributed by atoms with E-state index in [2.05, 4.69) is 10.2 Å². The normalized spacial score (nSPS) is 20.2. The average molecular weight is 350 g/mol. The Bertz CT molecular complexity index is 792. The van der Waals surface area contributed by atoms with Crippen molar-refractivity contribution in [1.29, 1.82) is 0 Å². The standard InChI is InChI=1S/C17H17ClFN3O2/c18-11-1-2-14(19)12(7-11)17(23)22-5-3-10(8-22)16-13-9-24-6-4-15(13)20-21-16/h1-2,7,10H,3-6,8-9H2,(H,20,21). The van der Waals surface area contributed by atoms with Crippen molar-refractivity contribution in [3.8, 4) is 0 Å². The second-order valence-corrected chi connectivity index (χ2v) is 6.67. The van der Waals surface area contributed by atoms with Gasteiger partial charge in [-0.15, -0.1) is 0 Å².